The van der Waals surface area contributed by atoms with Gasteiger partial charge in [-0.3, -0.25) is 14.9 Å². The highest BCUT2D eigenvalue weighted by molar-refractivity contribution is 6.30. The van der Waals surface area contributed by atoms with Gasteiger partial charge in [0.1, 0.15) is 0 Å². The number of carbonyl (C=O) groups is 1. The van der Waals surface area contributed by atoms with Gasteiger partial charge >= 0.3 is 0 Å². The summed E-state index contributed by atoms with van der Waals surface area (Å²) in [6, 6.07) is 12.2. The normalized spacial score (nSPS) is 14.8. The van der Waals surface area contributed by atoms with Gasteiger partial charge in [0.25, 0.3) is 11.6 Å². The number of rotatable bonds is 5. The third kappa shape index (κ3) is 3.66. The van der Waals surface area contributed by atoms with E-state index in [2.05, 4.69) is 0 Å². The molecule has 2 aromatic rings. The SMILES string of the molecule is Cc1cc(C(=O)N(C2CC2)C(C)c2ccc(Cl)cc2)ccc1[N+](=O)[O-]. The van der Waals surface area contributed by atoms with Crippen molar-refractivity contribution in [3.8, 4) is 0 Å². The molecule has 1 amide bonds. The fourth-order valence-electron chi connectivity index (χ4n) is 3.05. The van der Waals surface area contributed by atoms with Gasteiger partial charge in [-0.15, -0.1) is 0 Å². The number of nitro benzene ring substituents is 1. The number of halogens is 1. The van der Waals surface area contributed by atoms with Gasteiger partial charge in [0.2, 0.25) is 0 Å². The highest BCUT2D eigenvalue weighted by atomic mass is 35.5. The van der Waals surface area contributed by atoms with Crippen molar-refractivity contribution >= 4 is 23.2 Å². The van der Waals surface area contributed by atoms with Crippen LogP contribution in [0.4, 0.5) is 5.69 Å². The van der Waals surface area contributed by atoms with E-state index < -0.39 is 4.92 Å². The molecule has 0 bridgehead atoms. The second-order valence-electron chi connectivity index (χ2n) is 6.43. The lowest BCUT2D eigenvalue weighted by Crippen LogP contribution is -2.35. The largest absolute Gasteiger partial charge is 0.329 e. The van der Waals surface area contributed by atoms with Crippen molar-refractivity contribution in [3.63, 3.8) is 0 Å². The lowest BCUT2D eigenvalue weighted by atomic mass is 10.0. The van der Waals surface area contributed by atoms with E-state index in [9.17, 15) is 14.9 Å². The highest BCUT2D eigenvalue weighted by Crippen LogP contribution is 2.36. The lowest BCUT2D eigenvalue weighted by molar-refractivity contribution is -0.385. The summed E-state index contributed by atoms with van der Waals surface area (Å²) in [4.78, 5) is 25.5. The Hall–Kier alpha value is -2.40. The van der Waals surface area contributed by atoms with Crippen LogP contribution in [0.15, 0.2) is 42.5 Å². The predicted octanol–water partition coefficient (Wildman–Crippen LogP) is 4.92. The zero-order valence-electron chi connectivity index (χ0n) is 14.1. The van der Waals surface area contributed by atoms with Crippen molar-refractivity contribution in [1.29, 1.82) is 0 Å². The molecule has 1 fully saturated rings. The van der Waals surface area contributed by atoms with Crippen LogP contribution >= 0.6 is 11.6 Å². The summed E-state index contributed by atoms with van der Waals surface area (Å²) in [6.07, 6.45) is 1.96. The molecular formula is C19H19ClN2O3. The molecule has 1 aliphatic rings. The van der Waals surface area contributed by atoms with Gasteiger partial charge in [0.05, 0.1) is 11.0 Å². The maximum Gasteiger partial charge on any atom is 0.272 e. The number of benzene rings is 2. The van der Waals surface area contributed by atoms with Crippen molar-refractivity contribution < 1.29 is 9.72 Å². The monoisotopic (exact) mass is 358 g/mol. The number of carbonyl (C=O) groups excluding carboxylic acids is 1. The first-order valence-electron chi connectivity index (χ1n) is 8.21. The molecule has 2 aromatic carbocycles. The van der Waals surface area contributed by atoms with Gasteiger partial charge in [-0.05, 0) is 56.5 Å². The summed E-state index contributed by atoms with van der Waals surface area (Å²) < 4.78 is 0. The van der Waals surface area contributed by atoms with Crippen molar-refractivity contribution in [1.82, 2.24) is 4.90 Å². The van der Waals surface area contributed by atoms with Crippen LogP contribution in [-0.4, -0.2) is 21.8 Å². The Labute approximate surface area is 151 Å². The first-order chi connectivity index (χ1) is 11.9. The molecule has 3 rings (SSSR count). The quantitative estimate of drug-likeness (QED) is 0.562. The molecule has 0 radical (unpaired) electrons. The van der Waals surface area contributed by atoms with Crippen molar-refractivity contribution in [3.05, 3.63) is 74.3 Å². The van der Waals surface area contributed by atoms with Crippen LogP contribution in [0.1, 0.15) is 47.3 Å². The topological polar surface area (TPSA) is 63.5 Å². The Morgan fingerprint density at radius 3 is 2.40 bits per heavy atom. The van der Waals surface area contributed by atoms with Gasteiger partial charge in [0.15, 0.2) is 0 Å². The molecule has 1 saturated carbocycles. The summed E-state index contributed by atoms with van der Waals surface area (Å²) in [6.45, 7) is 3.65. The van der Waals surface area contributed by atoms with Gasteiger partial charge in [0, 0.05) is 28.3 Å². The van der Waals surface area contributed by atoms with E-state index in [1.165, 1.54) is 12.1 Å². The third-order valence-electron chi connectivity index (χ3n) is 4.58. The van der Waals surface area contributed by atoms with E-state index in [4.69, 9.17) is 11.6 Å². The van der Waals surface area contributed by atoms with Gasteiger partial charge in [-0.1, -0.05) is 23.7 Å². The summed E-state index contributed by atoms with van der Waals surface area (Å²) in [5.74, 6) is -0.0945. The van der Waals surface area contributed by atoms with Crippen LogP contribution < -0.4 is 0 Å². The molecule has 130 valence electrons. The fourth-order valence-corrected chi connectivity index (χ4v) is 3.18. The van der Waals surface area contributed by atoms with E-state index in [0.29, 0.717) is 16.1 Å². The number of nitro groups is 1. The number of nitrogens with zero attached hydrogens (tertiary/aromatic N) is 2. The van der Waals surface area contributed by atoms with E-state index in [-0.39, 0.29) is 23.7 Å². The van der Waals surface area contributed by atoms with Crippen LogP contribution in [-0.2, 0) is 0 Å². The van der Waals surface area contributed by atoms with Gasteiger partial charge in [-0.2, -0.15) is 0 Å². The Balaban J connectivity index is 1.90. The Morgan fingerprint density at radius 1 is 1.24 bits per heavy atom. The molecule has 5 nitrogen and oxygen atoms in total. The summed E-state index contributed by atoms with van der Waals surface area (Å²) in [5, 5.41) is 11.6. The van der Waals surface area contributed by atoms with Crippen molar-refractivity contribution in [2.75, 3.05) is 0 Å². The fraction of sp³-hybridized carbons (Fsp3) is 0.316. The summed E-state index contributed by atoms with van der Waals surface area (Å²) in [7, 11) is 0. The third-order valence-corrected chi connectivity index (χ3v) is 4.84. The molecule has 0 aromatic heterocycles. The van der Waals surface area contributed by atoms with Crippen LogP contribution in [0, 0.1) is 17.0 Å². The maximum absolute atomic E-state index is 13.1. The predicted molar refractivity (Wildman–Crippen MR) is 96.9 cm³/mol. The van der Waals surface area contributed by atoms with Crippen LogP contribution in [0.5, 0.6) is 0 Å². The molecule has 25 heavy (non-hydrogen) atoms. The lowest BCUT2D eigenvalue weighted by Gasteiger charge is -2.30. The van der Waals surface area contributed by atoms with Crippen LogP contribution in [0.2, 0.25) is 5.02 Å². The van der Waals surface area contributed by atoms with Crippen molar-refractivity contribution in [2.45, 2.75) is 38.8 Å². The number of hydrogen-bond acceptors (Lipinski definition) is 3. The Kier molecular flexibility index (Phi) is 4.77. The van der Waals surface area contributed by atoms with Crippen LogP contribution in [0.3, 0.4) is 0 Å². The summed E-state index contributed by atoms with van der Waals surface area (Å²) in [5.41, 5.74) is 2.02. The molecule has 6 heteroatoms. The molecule has 0 N–H and O–H groups in total. The standard InChI is InChI=1S/C19H19ClN2O3/c1-12-11-15(5-10-18(12)22(24)25)19(23)21(17-8-9-17)13(2)14-3-6-16(20)7-4-14/h3-7,10-11,13,17H,8-9H2,1-2H3. The van der Waals surface area contributed by atoms with Gasteiger partial charge in [-0.25, -0.2) is 0 Å². The minimum atomic E-state index is -0.432. The molecule has 0 heterocycles. The highest BCUT2D eigenvalue weighted by Gasteiger charge is 2.37. The maximum atomic E-state index is 13.1. The first-order valence-corrected chi connectivity index (χ1v) is 8.59. The minimum absolute atomic E-state index is 0.0280. The molecule has 1 aliphatic carbocycles. The van der Waals surface area contributed by atoms with E-state index in [1.807, 2.05) is 36.1 Å². The zero-order chi connectivity index (χ0) is 18.1. The van der Waals surface area contributed by atoms with E-state index >= 15 is 0 Å². The molecule has 0 aliphatic heterocycles. The smallest absolute Gasteiger partial charge is 0.272 e. The zero-order valence-corrected chi connectivity index (χ0v) is 14.9. The second-order valence-corrected chi connectivity index (χ2v) is 6.87. The first kappa shape index (κ1) is 17.4. The molecule has 1 unspecified atom stereocenters. The number of amides is 1. The van der Waals surface area contributed by atoms with Gasteiger partial charge < -0.3 is 4.90 Å². The molecule has 0 spiro atoms. The van der Waals surface area contributed by atoms with E-state index in [0.717, 1.165) is 18.4 Å². The van der Waals surface area contributed by atoms with E-state index in [1.54, 1.807) is 13.0 Å². The number of hydrogen-bond donors (Lipinski definition) is 0. The minimum Gasteiger partial charge on any atom is -0.329 e. The average molecular weight is 359 g/mol. The Bertz CT molecular complexity index is 816. The Morgan fingerprint density at radius 2 is 1.88 bits per heavy atom. The number of aryl methyl sites for hydroxylation is 1. The summed E-state index contributed by atoms with van der Waals surface area (Å²) >= 11 is 5.95. The molecule has 0 saturated heterocycles. The van der Waals surface area contributed by atoms with Crippen LogP contribution in [0.25, 0.3) is 0 Å². The molecular weight excluding hydrogens is 340 g/mol. The molecule has 1 atom stereocenters. The average Bonchev–Trinajstić information content (AvgIpc) is 3.40. The van der Waals surface area contributed by atoms with Crippen molar-refractivity contribution in [2.24, 2.45) is 0 Å². The second kappa shape index (κ2) is 6.84.